The molecule has 1 aliphatic rings. The van der Waals surface area contributed by atoms with E-state index < -0.39 is 17.6 Å². The van der Waals surface area contributed by atoms with Crippen molar-refractivity contribution >= 4 is 23.4 Å². The van der Waals surface area contributed by atoms with Crippen LogP contribution in [0.25, 0.3) is 0 Å². The molecule has 1 aliphatic heterocycles. The van der Waals surface area contributed by atoms with E-state index in [1.807, 2.05) is 32.0 Å². The Morgan fingerprint density at radius 2 is 2.16 bits per heavy atom. The molecule has 7 heteroatoms. The summed E-state index contributed by atoms with van der Waals surface area (Å²) in [6.45, 7) is 4.06. The minimum Gasteiger partial charge on any atom is -0.494 e. The molecule has 0 fully saturated rings. The number of thioether (sulfide) groups is 1. The molecule has 1 aromatic heterocycles. The average Bonchev–Trinajstić information content (AvgIpc) is 3.02. The predicted octanol–water partition coefficient (Wildman–Crippen LogP) is 2.38. The number of carbonyl (C=O) groups is 1. The second-order valence-corrected chi connectivity index (χ2v) is 7.12. The SMILES string of the molecule is COc1c(Cc2cccc(C)c2C)c(N)c(=O)n2c1SC[C@H]2C(=O)O. The van der Waals surface area contributed by atoms with E-state index in [4.69, 9.17) is 10.5 Å². The van der Waals surface area contributed by atoms with Gasteiger partial charge in [-0.15, -0.1) is 11.8 Å². The largest absolute Gasteiger partial charge is 0.494 e. The van der Waals surface area contributed by atoms with Crippen molar-refractivity contribution in [3.8, 4) is 5.75 Å². The highest BCUT2D eigenvalue weighted by Crippen LogP contribution is 2.42. The number of pyridine rings is 1. The summed E-state index contributed by atoms with van der Waals surface area (Å²) in [6.07, 6.45) is 0.462. The van der Waals surface area contributed by atoms with E-state index in [1.54, 1.807) is 0 Å². The van der Waals surface area contributed by atoms with Crippen molar-refractivity contribution in [2.45, 2.75) is 31.3 Å². The normalized spacial score (nSPS) is 15.9. The van der Waals surface area contributed by atoms with Crippen molar-refractivity contribution in [1.29, 1.82) is 0 Å². The molecule has 3 rings (SSSR count). The smallest absolute Gasteiger partial charge is 0.327 e. The van der Waals surface area contributed by atoms with Gasteiger partial charge in [0.1, 0.15) is 16.8 Å². The molecule has 1 aromatic carbocycles. The van der Waals surface area contributed by atoms with Crippen LogP contribution >= 0.6 is 11.8 Å². The Kier molecular flexibility index (Phi) is 4.51. The third-order valence-corrected chi connectivity index (χ3v) is 5.86. The van der Waals surface area contributed by atoms with Crippen LogP contribution in [-0.2, 0) is 11.2 Å². The average molecular weight is 360 g/mol. The fourth-order valence-electron chi connectivity index (χ4n) is 3.12. The van der Waals surface area contributed by atoms with Crippen LogP contribution in [0.1, 0.15) is 28.3 Å². The third kappa shape index (κ3) is 2.78. The summed E-state index contributed by atoms with van der Waals surface area (Å²) in [7, 11) is 1.52. The number of carboxylic acids is 1. The molecule has 0 radical (unpaired) electrons. The van der Waals surface area contributed by atoms with Crippen LogP contribution in [-0.4, -0.2) is 28.5 Å². The van der Waals surface area contributed by atoms with Gasteiger partial charge in [-0.05, 0) is 30.5 Å². The van der Waals surface area contributed by atoms with Gasteiger partial charge in [0.15, 0.2) is 5.75 Å². The second kappa shape index (κ2) is 6.48. The maximum absolute atomic E-state index is 12.7. The van der Waals surface area contributed by atoms with Crippen LogP contribution in [0, 0.1) is 13.8 Å². The predicted molar refractivity (Wildman–Crippen MR) is 97.8 cm³/mol. The van der Waals surface area contributed by atoms with E-state index in [2.05, 4.69) is 0 Å². The van der Waals surface area contributed by atoms with E-state index in [9.17, 15) is 14.7 Å². The Hall–Kier alpha value is -2.41. The van der Waals surface area contributed by atoms with Crippen LogP contribution in [0.3, 0.4) is 0 Å². The minimum absolute atomic E-state index is 0.0512. The molecule has 25 heavy (non-hydrogen) atoms. The Bertz CT molecular complexity index is 920. The fourth-order valence-corrected chi connectivity index (χ4v) is 4.42. The number of aliphatic carboxylic acids is 1. The molecule has 2 aromatic rings. The summed E-state index contributed by atoms with van der Waals surface area (Å²) < 4.78 is 6.78. The van der Waals surface area contributed by atoms with E-state index in [0.29, 0.717) is 22.8 Å². The number of nitrogen functional groups attached to an aromatic ring is 1. The molecule has 0 bridgehead atoms. The van der Waals surface area contributed by atoms with Gasteiger partial charge < -0.3 is 15.6 Å². The number of anilines is 1. The van der Waals surface area contributed by atoms with Crippen LogP contribution in [0.4, 0.5) is 5.69 Å². The van der Waals surface area contributed by atoms with E-state index >= 15 is 0 Å². The van der Waals surface area contributed by atoms with Crippen LogP contribution in [0.2, 0.25) is 0 Å². The number of aromatic nitrogens is 1. The maximum atomic E-state index is 12.7. The Morgan fingerprint density at radius 3 is 2.80 bits per heavy atom. The Morgan fingerprint density at radius 1 is 1.44 bits per heavy atom. The van der Waals surface area contributed by atoms with Gasteiger partial charge in [0.05, 0.1) is 7.11 Å². The van der Waals surface area contributed by atoms with E-state index in [-0.39, 0.29) is 11.4 Å². The molecular formula is C18H20N2O4S. The highest BCUT2D eigenvalue weighted by molar-refractivity contribution is 7.99. The number of nitrogens with two attached hydrogens (primary N) is 1. The first kappa shape index (κ1) is 17.4. The van der Waals surface area contributed by atoms with Crippen molar-refractivity contribution in [2.24, 2.45) is 0 Å². The number of methoxy groups -OCH3 is 1. The van der Waals surface area contributed by atoms with Gasteiger partial charge in [-0.25, -0.2) is 4.79 Å². The van der Waals surface area contributed by atoms with Gasteiger partial charge in [0, 0.05) is 17.7 Å². The third-order valence-electron chi connectivity index (χ3n) is 4.72. The highest BCUT2D eigenvalue weighted by atomic mass is 32.2. The molecule has 0 amide bonds. The summed E-state index contributed by atoms with van der Waals surface area (Å²) in [6, 6.07) is 5.08. The van der Waals surface area contributed by atoms with Crippen molar-refractivity contribution < 1.29 is 14.6 Å². The Balaban J connectivity index is 2.19. The molecule has 0 spiro atoms. The molecule has 0 aliphatic carbocycles. The lowest BCUT2D eigenvalue weighted by Crippen LogP contribution is -2.31. The monoisotopic (exact) mass is 360 g/mol. The van der Waals surface area contributed by atoms with Crippen LogP contribution < -0.4 is 16.0 Å². The Labute approximate surface area is 149 Å². The molecule has 1 atom stereocenters. The molecule has 3 N–H and O–H groups in total. The number of nitrogens with zero attached hydrogens (tertiary/aromatic N) is 1. The minimum atomic E-state index is -1.04. The van der Waals surface area contributed by atoms with Crippen LogP contribution in [0.15, 0.2) is 28.0 Å². The van der Waals surface area contributed by atoms with Gasteiger partial charge in [0.2, 0.25) is 0 Å². The van der Waals surface area contributed by atoms with Gasteiger partial charge >= 0.3 is 5.97 Å². The number of fused-ring (bicyclic) bond motifs is 1. The number of benzene rings is 1. The zero-order chi connectivity index (χ0) is 18.3. The summed E-state index contributed by atoms with van der Waals surface area (Å²) >= 11 is 1.31. The van der Waals surface area contributed by atoms with Gasteiger partial charge in [-0.2, -0.15) is 0 Å². The lowest BCUT2D eigenvalue weighted by atomic mass is 9.96. The lowest BCUT2D eigenvalue weighted by Gasteiger charge is -2.18. The fraction of sp³-hybridized carbons (Fsp3) is 0.333. The van der Waals surface area contributed by atoms with E-state index in [0.717, 1.165) is 16.7 Å². The first-order chi connectivity index (χ1) is 11.9. The maximum Gasteiger partial charge on any atom is 0.327 e. The zero-order valence-corrected chi connectivity index (χ0v) is 15.1. The van der Waals surface area contributed by atoms with E-state index in [1.165, 1.54) is 23.4 Å². The van der Waals surface area contributed by atoms with Crippen LogP contribution in [0.5, 0.6) is 5.75 Å². The number of hydrogen-bond acceptors (Lipinski definition) is 5. The molecule has 0 saturated carbocycles. The number of hydrogen-bond donors (Lipinski definition) is 2. The summed E-state index contributed by atoms with van der Waals surface area (Å²) in [5.74, 6) is -0.267. The summed E-state index contributed by atoms with van der Waals surface area (Å²) in [5.41, 5.74) is 9.68. The molecule has 0 saturated heterocycles. The van der Waals surface area contributed by atoms with Crippen molar-refractivity contribution in [3.05, 3.63) is 50.8 Å². The van der Waals surface area contributed by atoms with Gasteiger partial charge in [-0.3, -0.25) is 9.36 Å². The number of ether oxygens (including phenoxy) is 1. The zero-order valence-electron chi connectivity index (χ0n) is 14.3. The van der Waals surface area contributed by atoms with Crippen molar-refractivity contribution in [1.82, 2.24) is 4.57 Å². The van der Waals surface area contributed by atoms with Crippen molar-refractivity contribution in [2.75, 3.05) is 18.6 Å². The lowest BCUT2D eigenvalue weighted by molar-refractivity contribution is -0.140. The molecule has 132 valence electrons. The van der Waals surface area contributed by atoms with Crippen molar-refractivity contribution in [3.63, 3.8) is 0 Å². The molecule has 2 heterocycles. The highest BCUT2D eigenvalue weighted by Gasteiger charge is 2.35. The quantitative estimate of drug-likeness (QED) is 0.869. The molecule has 0 unspecified atom stereocenters. The number of carboxylic acid groups (broad SMARTS) is 1. The first-order valence-corrected chi connectivity index (χ1v) is 8.86. The number of rotatable bonds is 4. The molecule has 6 nitrogen and oxygen atoms in total. The number of aryl methyl sites for hydroxylation is 1. The summed E-state index contributed by atoms with van der Waals surface area (Å²) in [5, 5.41) is 9.89. The first-order valence-electron chi connectivity index (χ1n) is 7.88. The summed E-state index contributed by atoms with van der Waals surface area (Å²) in [4.78, 5) is 24.1. The molecular weight excluding hydrogens is 340 g/mol. The van der Waals surface area contributed by atoms with Gasteiger partial charge in [-0.1, -0.05) is 18.2 Å². The second-order valence-electron chi connectivity index (χ2n) is 6.11. The topological polar surface area (TPSA) is 94.5 Å². The standard InChI is InChI=1S/C18H20N2O4S/c1-9-5-4-6-11(10(9)2)7-12-14(19)16(21)20-13(18(22)23)8-25-17(20)15(12)24-3/h4-6,13H,7-8,19H2,1-3H3,(H,22,23)/t13-/m0/s1. The van der Waals surface area contributed by atoms with Gasteiger partial charge in [0.25, 0.3) is 5.56 Å².